The van der Waals surface area contributed by atoms with E-state index in [-0.39, 0.29) is 16.5 Å². The van der Waals surface area contributed by atoms with Gasteiger partial charge in [0.15, 0.2) is 0 Å². The standard InChI is InChI=1S/C20H21Cl3N2O2/c1-3-9-25(10-4-2)20(27)16-11-13(21)6-8-18(16)24-19(26)15-7-5-14(22)12-17(15)23/h5-8,11-12H,3-4,9-10H2,1-2H3,(H,24,26). The number of carbonyl (C=O) groups is 2. The van der Waals surface area contributed by atoms with Crippen LogP contribution in [0.4, 0.5) is 5.69 Å². The number of hydrogen-bond acceptors (Lipinski definition) is 2. The molecule has 0 bridgehead atoms. The Kier molecular flexibility index (Phi) is 7.96. The molecule has 0 unspecified atom stereocenters. The van der Waals surface area contributed by atoms with Crippen LogP contribution in [0.2, 0.25) is 15.1 Å². The molecular formula is C20H21Cl3N2O2. The molecule has 0 aliphatic heterocycles. The van der Waals surface area contributed by atoms with Crippen molar-refractivity contribution in [3.8, 4) is 0 Å². The van der Waals surface area contributed by atoms with Crippen LogP contribution >= 0.6 is 34.8 Å². The van der Waals surface area contributed by atoms with Gasteiger partial charge in [0.05, 0.1) is 21.8 Å². The van der Waals surface area contributed by atoms with Crippen LogP contribution in [0.3, 0.4) is 0 Å². The molecule has 0 atom stereocenters. The van der Waals surface area contributed by atoms with Crippen LogP contribution in [0.5, 0.6) is 0 Å². The summed E-state index contributed by atoms with van der Waals surface area (Å²) in [5.74, 6) is -0.593. The summed E-state index contributed by atoms with van der Waals surface area (Å²) < 4.78 is 0. The van der Waals surface area contributed by atoms with Crippen LogP contribution in [0.15, 0.2) is 36.4 Å². The molecule has 0 aliphatic rings. The summed E-state index contributed by atoms with van der Waals surface area (Å²) in [5.41, 5.74) is 1.01. The van der Waals surface area contributed by atoms with Crippen LogP contribution in [0.25, 0.3) is 0 Å². The van der Waals surface area contributed by atoms with Crippen LogP contribution < -0.4 is 5.32 Å². The smallest absolute Gasteiger partial charge is 0.257 e. The molecule has 0 radical (unpaired) electrons. The highest BCUT2D eigenvalue weighted by atomic mass is 35.5. The normalized spacial score (nSPS) is 10.6. The predicted molar refractivity (Wildman–Crippen MR) is 112 cm³/mol. The largest absolute Gasteiger partial charge is 0.339 e. The van der Waals surface area contributed by atoms with Crippen LogP contribution in [0, 0.1) is 0 Å². The second kappa shape index (κ2) is 9.98. The summed E-state index contributed by atoms with van der Waals surface area (Å²) in [5, 5.41) is 3.86. The van der Waals surface area contributed by atoms with E-state index < -0.39 is 5.91 Å². The fourth-order valence-corrected chi connectivity index (χ4v) is 3.36. The molecule has 0 heterocycles. The highest BCUT2D eigenvalue weighted by Crippen LogP contribution is 2.26. The quantitative estimate of drug-likeness (QED) is 0.575. The number of amides is 2. The van der Waals surface area contributed by atoms with Gasteiger partial charge in [-0.3, -0.25) is 9.59 Å². The molecule has 2 rings (SSSR count). The molecule has 27 heavy (non-hydrogen) atoms. The maximum atomic E-state index is 13.0. The summed E-state index contributed by atoms with van der Waals surface area (Å²) >= 11 is 18.1. The van der Waals surface area contributed by atoms with E-state index in [4.69, 9.17) is 34.8 Å². The second-order valence-corrected chi connectivity index (χ2v) is 7.34. The zero-order valence-corrected chi connectivity index (χ0v) is 17.5. The molecular weight excluding hydrogens is 407 g/mol. The molecule has 0 spiro atoms. The number of nitrogens with one attached hydrogen (secondary N) is 1. The van der Waals surface area contributed by atoms with E-state index >= 15 is 0 Å². The number of halogens is 3. The van der Waals surface area contributed by atoms with Gasteiger partial charge in [-0.1, -0.05) is 48.7 Å². The van der Waals surface area contributed by atoms with E-state index in [1.807, 2.05) is 13.8 Å². The monoisotopic (exact) mass is 426 g/mol. The van der Waals surface area contributed by atoms with Crippen molar-refractivity contribution in [2.45, 2.75) is 26.7 Å². The van der Waals surface area contributed by atoms with Crippen molar-refractivity contribution in [1.29, 1.82) is 0 Å². The zero-order valence-electron chi connectivity index (χ0n) is 15.2. The number of hydrogen-bond donors (Lipinski definition) is 1. The van der Waals surface area contributed by atoms with E-state index in [9.17, 15) is 9.59 Å². The van der Waals surface area contributed by atoms with Gasteiger partial charge in [-0.25, -0.2) is 0 Å². The SMILES string of the molecule is CCCN(CCC)C(=O)c1cc(Cl)ccc1NC(=O)c1ccc(Cl)cc1Cl. The van der Waals surface area contributed by atoms with Crippen molar-refractivity contribution in [3.05, 3.63) is 62.6 Å². The molecule has 2 amide bonds. The van der Waals surface area contributed by atoms with Gasteiger partial charge in [-0.2, -0.15) is 0 Å². The first-order chi connectivity index (χ1) is 12.9. The van der Waals surface area contributed by atoms with Gasteiger partial charge in [0, 0.05) is 23.1 Å². The predicted octanol–water partition coefficient (Wildman–Crippen LogP) is 6.16. The van der Waals surface area contributed by atoms with Crippen molar-refractivity contribution in [2.24, 2.45) is 0 Å². The molecule has 0 fully saturated rings. The van der Waals surface area contributed by atoms with E-state index in [0.717, 1.165) is 12.8 Å². The highest BCUT2D eigenvalue weighted by Gasteiger charge is 2.20. The Balaban J connectivity index is 2.34. The first-order valence-electron chi connectivity index (χ1n) is 8.72. The molecule has 144 valence electrons. The molecule has 0 aliphatic carbocycles. The third kappa shape index (κ3) is 5.61. The first kappa shape index (κ1) is 21.5. The number of rotatable bonds is 7. The van der Waals surface area contributed by atoms with Gasteiger partial charge in [0.1, 0.15) is 0 Å². The average Bonchev–Trinajstić information content (AvgIpc) is 2.62. The number of benzene rings is 2. The minimum Gasteiger partial charge on any atom is -0.339 e. The third-order valence-corrected chi connectivity index (χ3v) is 4.69. The van der Waals surface area contributed by atoms with E-state index in [1.165, 1.54) is 12.1 Å². The minimum absolute atomic E-state index is 0.168. The summed E-state index contributed by atoms with van der Waals surface area (Å²) in [6, 6.07) is 9.44. The molecule has 0 saturated heterocycles. The highest BCUT2D eigenvalue weighted by molar-refractivity contribution is 6.37. The summed E-state index contributed by atoms with van der Waals surface area (Å²) in [6.07, 6.45) is 1.68. The van der Waals surface area contributed by atoms with E-state index in [2.05, 4.69) is 5.32 Å². The first-order valence-corrected chi connectivity index (χ1v) is 9.86. The van der Waals surface area contributed by atoms with Crippen molar-refractivity contribution in [3.63, 3.8) is 0 Å². The van der Waals surface area contributed by atoms with E-state index in [0.29, 0.717) is 34.4 Å². The fraction of sp³-hybridized carbons (Fsp3) is 0.300. The number of nitrogens with zero attached hydrogens (tertiary/aromatic N) is 1. The summed E-state index contributed by atoms with van der Waals surface area (Å²) in [7, 11) is 0. The molecule has 2 aromatic carbocycles. The number of carbonyl (C=O) groups excluding carboxylic acids is 2. The van der Waals surface area contributed by atoms with Crippen LogP contribution in [0.1, 0.15) is 47.4 Å². The lowest BCUT2D eigenvalue weighted by Gasteiger charge is -2.23. The molecule has 4 nitrogen and oxygen atoms in total. The van der Waals surface area contributed by atoms with Gasteiger partial charge in [0.25, 0.3) is 11.8 Å². The minimum atomic E-state index is -0.425. The Bertz CT molecular complexity index is 834. The fourth-order valence-electron chi connectivity index (χ4n) is 2.69. The summed E-state index contributed by atoms with van der Waals surface area (Å²) in [4.78, 5) is 27.4. The van der Waals surface area contributed by atoms with Crippen molar-refractivity contribution >= 4 is 52.3 Å². The van der Waals surface area contributed by atoms with Crippen molar-refractivity contribution < 1.29 is 9.59 Å². The molecule has 2 aromatic rings. The van der Waals surface area contributed by atoms with Gasteiger partial charge in [0.2, 0.25) is 0 Å². The van der Waals surface area contributed by atoms with Crippen LogP contribution in [-0.2, 0) is 0 Å². The van der Waals surface area contributed by atoms with Crippen molar-refractivity contribution in [2.75, 3.05) is 18.4 Å². The van der Waals surface area contributed by atoms with Gasteiger partial charge in [-0.15, -0.1) is 0 Å². The summed E-state index contributed by atoms with van der Waals surface area (Å²) in [6.45, 7) is 5.30. The van der Waals surface area contributed by atoms with E-state index in [1.54, 1.807) is 29.2 Å². The topological polar surface area (TPSA) is 49.4 Å². The Morgan fingerprint density at radius 3 is 2.07 bits per heavy atom. The number of anilines is 1. The maximum Gasteiger partial charge on any atom is 0.257 e. The third-order valence-electron chi connectivity index (χ3n) is 3.91. The van der Waals surface area contributed by atoms with Gasteiger partial charge >= 0.3 is 0 Å². The molecule has 1 N–H and O–H groups in total. The van der Waals surface area contributed by atoms with Gasteiger partial charge in [-0.05, 0) is 49.2 Å². The maximum absolute atomic E-state index is 13.0. The Labute approximate surface area is 174 Å². The Morgan fingerprint density at radius 2 is 1.48 bits per heavy atom. The lowest BCUT2D eigenvalue weighted by Crippen LogP contribution is -2.33. The Morgan fingerprint density at radius 1 is 0.889 bits per heavy atom. The van der Waals surface area contributed by atoms with Gasteiger partial charge < -0.3 is 10.2 Å². The average molecular weight is 428 g/mol. The molecule has 0 aromatic heterocycles. The molecule has 7 heteroatoms. The zero-order chi connectivity index (χ0) is 20.0. The molecule has 0 saturated carbocycles. The lowest BCUT2D eigenvalue weighted by atomic mass is 10.1. The second-order valence-electron chi connectivity index (χ2n) is 6.06. The van der Waals surface area contributed by atoms with Crippen LogP contribution in [-0.4, -0.2) is 29.8 Å². The Hall–Kier alpha value is -1.75. The van der Waals surface area contributed by atoms with Crippen molar-refractivity contribution in [1.82, 2.24) is 4.90 Å². The lowest BCUT2D eigenvalue weighted by molar-refractivity contribution is 0.0756.